The van der Waals surface area contributed by atoms with Gasteiger partial charge in [-0.25, -0.2) is 0 Å². The lowest BCUT2D eigenvalue weighted by molar-refractivity contribution is -0.129. The van der Waals surface area contributed by atoms with Crippen LogP contribution in [0.2, 0.25) is 5.02 Å². The molecule has 1 aliphatic heterocycles. The second-order valence-electron chi connectivity index (χ2n) is 6.59. The molecule has 0 saturated carbocycles. The van der Waals surface area contributed by atoms with Crippen LogP contribution in [0, 0.1) is 0 Å². The molecule has 0 unspecified atom stereocenters. The third kappa shape index (κ3) is 5.01. The molecule has 2 amide bonds. The summed E-state index contributed by atoms with van der Waals surface area (Å²) < 4.78 is 5.63. The first-order chi connectivity index (χ1) is 13.0. The van der Waals surface area contributed by atoms with Gasteiger partial charge in [0.25, 0.3) is 0 Å². The summed E-state index contributed by atoms with van der Waals surface area (Å²) in [5.41, 5.74) is 1.82. The van der Waals surface area contributed by atoms with Gasteiger partial charge in [-0.1, -0.05) is 35.9 Å². The minimum absolute atomic E-state index is 0.0164. The Morgan fingerprint density at radius 2 is 1.93 bits per heavy atom. The smallest absolute Gasteiger partial charge is 0.227 e. The quantitative estimate of drug-likeness (QED) is 0.731. The van der Waals surface area contributed by atoms with Crippen LogP contribution in [-0.4, -0.2) is 43.5 Å². The number of benzene rings is 2. The number of hydrogen-bond donors (Lipinski definition) is 0. The molecule has 0 radical (unpaired) electrons. The molecular weight excluding hydrogens is 364 g/mol. The number of ether oxygens (including phenoxy) is 1. The van der Waals surface area contributed by atoms with Crippen molar-refractivity contribution in [2.75, 3.05) is 31.6 Å². The van der Waals surface area contributed by atoms with E-state index in [0.29, 0.717) is 36.8 Å². The summed E-state index contributed by atoms with van der Waals surface area (Å²) in [7, 11) is 1.76. The fourth-order valence-electron chi connectivity index (χ4n) is 3.00. The number of nitrogens with zero attached hydrogens (tertiary/aromatic N) is 2. The lowest BCUT2D eigenvalue weighted by atomic mass is 10.1. The van der Waals surface area contributed by atoms with Gasteiger partial charge in [-0.2, -0.15) is 0 Å². The average molecular weight is 387 g/mol. The van der Waals surface area contributed by atoms with E-state index in [1.807, 2.05) is 36.4 Å². The highest BCUT2D eigenvalue weighted by Gasteiger charge is 2.21. The van der Waals surface area contributed by atoms with E-state index in [2.05, 4.69) is 0 Å². The van der Waals surface area contributed by atoms with E-state index in [1.54, 1.807) is 29.0 Å². The van der Waals surface area contributed by atoms with E-state index in [0.717, 1.165) is 24.2 Å². The number of likely N-dealkylation sites (N-methyl/N-ethyl adjacent to an activating group) is 1. The van der Waals surface area contributed by atoms with E-state index in [9.17, 15) is 9.59 Å². The van der Waals surface area contributed by atoms with Crippen LogP contribution in [0.5, 0.6) is 5.75 Å². The molecule has 0 bridgehead atoms. The van der Waals surface area contributed by atoms with Crippen molar-refractivity contribution in [2.24, 2.45) is 0 Å². The SMILES string of the molecule is CN(CCOc1ccccc1Cl)C(=O)Cc1ccc(N2CCCC2=O)cc1. The maximum Gasteiger partial charge on any atom is 0.227 e. The second kappa shape index (κ2) is 8.91. The summed E-state index contributed by atoms with van der Waals surface area (Å²) in [6, 6.07) is 14.9. The molecule has 3 rings (SSSR count). The molecule has 0 aromatic heterocycles. The van der Waals surface area contributed by atoms with Crippen molar-refractivity contribution in [3.63, 3.8) is 0 Å². The number of hydrogen-bond acceptors (Lipinski definition) is 3. The van der Waals surface area contributed by atoms with Crippen molar-refractivity contribution in [1.82, 2.24) is 4.90 Å². The van der Waals surface area contributed by atoms with Crippen LogP contribution in [0.4, 0.5) is 5.69 Å². The Labute approximate surface area is 164 Å². The Morgan fingerprint density at radius 1 is 1.19 bits per heavy atom. The maximum absolute atomic E-state index is 12.4. The predicted octanol–water partition coefficient (Wildman–Crippen LogP) is 3.55. The minimum Gasteiger partial charge on any atom is -0.490 e. The van der Waals surface area contributed by atoms with Gasteiger partial charge in [-0.15, -0.1) is 0 Å². The van der Waals surface area contributed by atoms with Crippen molar-refractivity contribution in [1.29, 1.82) is 0 Å². The van der Waals surface area contributed by atoms with Crippen molar-refractivity contribution in [2.45, 2.75) is 19.3 Å². The molecule has 1 aliphatic rings. The fraction of sp³-hybridized carbons (Fsp3) is 0.333. The number of para-hydroxylation sites is 1. The van der Waals surface area contributed by atoms with E-state index in [4.69, 9.17) is 16.3 Å². The number of carbonyl (C=O) groups excluding carboxylic acids is 2. The Kier molecular flexibility index (Phi) is 6.35. The summed E-state index contributed by atoms with van der Waals surface area (Å²) in [6.45, 7) is 1.62. The van der Waals surface area contributed by atoms with Crippen LogP contribution in [0.1, 0.15) is 18.4 Å². The van der Waals surface area contributed by atoms with Gasteiger partial charge in [0.1, 0.15) is 12.4 Å². The van der Waals surface area contributed by atoms with Gasteiger partial charge >= 0.3 is 0 Å². The van der Waals surface area contributed by atoms with E-state index < -0.39 is 0 Å². The van der Waals surface area contributed by atoms with Crippen molar-refractivity contribution in [3.05, 3.63) is 59.1 Å². The van der Waals surface area contributed by atoms with Crippen LogP contribution in [0.25, 0.3) is 0 Å². The molecular formula is C21H23ClN2O3. The van der Waals surface area contributed by atoms with Gasteiger partial charge in [-0.05, 0) is 36.2 Å². The summed E-state index contributed by atoms with van der Waals surface area (Å²) >= 11 is 6.05. The number of anilines is 1. The lowest BCUT2D eigenvalue weighted by Gasteiger charge is -2.19. The molecule has 142 valence electrons. The van der Waals surface area contributed by atoms with E-state index in [1.165, 1.54) is 0 Å². The van der Waals surface area contributed by atoms with Gasteiger partial charge in [0.05, 0.1) is 18.0 Å². The summed E-state index contributed by atoms with van der Waals surface area (Å²) in [6.07, 6.45) is 1.83. The van der Waals surface area contributed by atoms with Crippen molar-refractivity contribution in [3.8, 4) is 5.75 Å². The van der Waals surface area contributed by atoms with Gasteiger partial charge < -0.3 is 14.5 Å². The lowest BCUT2D eigenvalue weighted by Crippen LogP contribution is -2.32. The van der Waals surface area contributed by atoms with Gasteiger partial charge in [0.15, 0.2) is 0 Å². The van der Waals surface area contributed by atoms with Crippen LogP contribution < -0.4 is 9.64 Å². The molecule has 6 heteroatoms. The minimum atomic E-state index is 0.0164. The Balaban J connectivity index is 1.47. The molecule has 0 atom stereocenters. The topological polar surface area (TPSA) is 49.9 Å². The van der Waals surface area contributed by atoms with Crippen LogP contribution in [0.15, 0.2) is 48.5 Å². The zero-order chi connectivity index (χ0) is 19.2. The Hall–Kier alpha value is -2.53. The Bertz CT molecular complexity index is 807. The number of rotatable bonds is 7. The monoisotopic (exact) mass is 386 g/mol. The molecule has 27 heavy (non-hydrogen) atoms. The van der Waals surface area contributed by atoms with Crippen molar-refractivity contribution >= 4 is 29.1 Å². The highest BCUT2D eigenvalue weighted by molar-refractivity contribution is 6.32. The second-order valence-corrected chi connectivity index (χ2v) is 6.99. The third-order valence-corrected chi connectivity index (χ3v) is 4.94. The number of carbonyl (C=O) groups is 2. The molecule has 5 nitrogen and oxygen atoms in total. The van der Waals surface area contributed by atoms with Gasteiger partial charge in [-0.3, -0.25) is 9.59 Å². The summed E-state index contributed by atoms with van der Waals surface area (Å²) in [5, 5.41) is 0.558. The van der Waals surface area contributed by atoms with Crippen LogP contribution in [-0.2, 0) is 16.0 Å². The molecule has 2 aromatic carbocycles. The highest BCUT2D eigenvalue weighted by Crippen LogP contribution is 2.23. The van der Waals surface area contributed by atoms with E-state index >= 15 is 0 Å². The highest BCUT2D eigenvalue weighted by atomic mass is 35.5. The Morgan fingerprint density at radius 3 is 2.59 bits per heavy atom. The standard InChI is InChI=1S/C21H23ClN2O3/c1-23(13-14-27-19-6-3-2-5-18(19)22)21(26)15-16-8-10-17(11-9-16)24-12-4-7-20(24)25/h2-3,5-6,8-11H,4,7,12-15H2,1H3. The first-order valence-corrected chi connectivity index (χ1v) is 9.43. The molecule has 0 N–H and O–H groups in total. The average Bonchev–Trinajstić information content (AvgIpc) is 3.09. The van der Waals surface area contributed by atoms with E-state index in [-0.39, 0.29) is 11.8 Å². The fourth-order valence-corrected chi connectivity index (χ4v) is 3.19. The van der Waals surface area contributed by atoms with Crippen molar-refractivity contribution < 1.29 is 14.3 Å². The first-order valence-electron chi connectivity index (χ1n) is 9.05. The molecule has 1 fully saturated rings. The molecule has 2 aromatic rings. The van der Waals surface area contributed by atoms with Gasteiger partial charge in [0.2, 0.25) is 11.8 Å². The van der Waals surface area contributed by atoms with Crippen LogP contribution >= 0.6 is 11.6 Å². The summed E-state index contributed by atoms with van der Waals surface area (Å²) in [5.74, 6) is 0.798. The number of halogens is 1. The first kappa shape index (κ1) is 19.2. The molecule has 0 aliphatic carbocycles. The predicted molar refractivity (Wildman–Crippen MR) is 106 cm³/mol. The molecule has 1 saturated heterocycles. The van der Waals surface area contributed by atoms with Crippen LogP contribution in [0.3, 0.4) is 0 Å². The third-order valence-electron chi connectivity index (χ3n) is 4.62. The normalized spacial score (nSPS) is 13.7. The zero-order valence-electron chi connectivity index (χ0n) is 15.4. The molecule has 1 heterocycles. The zero-order valence-corrected chi connectivity index (χ0v) is 16.1. The molecule has 0 spiro atoms. The maximum atomic E-state index is 12.4. The van der Waals surface area contributed by atoms with Gasteiger partial charge in [0, 0.05) is 25.7 Å². The number of amides is 2. The summed E-state index contributed by atoms with van der Waals surface area (Å²) in [4.78, 5) is 27.6. The largest absolute Gasteiger partial charge is 0.490 e.